The Morgan fingerprint density at radius 3 is 3.33 bits per heavy atom. The molecule has 2 heterocycles. The molecule has 0 amide bonds. The highest BCUT2D eigenvalue weighted by Gasteiger charge is 2.45. The van der Waals surface area contributed by atoms with Crippen LogP contribution in [0.3, 0.4) is 0 Å². The van der Waals surface area contributed by atoms with Crippen molar-refractivity contribution < 1.29 is 9.53 Å². The van der Waals surface area contributed by atoms with E-state index >= 15 is 0 Å². The Morgan fingerprint density at radius 1 is 1.75 bits per heavy atom. The number of carbonyl (C=O) groups excluding carboxylic acids is 1. The van der Waals surface area contributed by atoms with Gasteiger partial charge >= 0.3 is 5.97 Å². The second-order valence-electron chi connectivity index (χ2n) is 3.37. The minimum atomic E-state index is -0.0582. The molecule has 2 rings (SSSR count). The number of ether oxygens (including phenoxy) is 1. The summed E-state index contributed by atoms with van der Waals surface area (Å²) in [6.45, 7) is 4.61. The monoisotopic (exact) mass is 167 g/mol. The van der Waals surface area contributed by atoms with E-state index in [2.05, 4.69) is 11.9 Å². The van der Waals surface area contributed by atoms with Crippen LogP contribution in [0.4, 0.5) is 0 Å². The van der Waals surface area contributed by atoms with Gasteiger partial charge in [-0.05, 0) is 19.4 Å². The molecule has 0 aliphatic carbocycles. The molecular weight excluding hydrogens is 154 g/mol. The van der Waals surface area contributed by atoms with Crippen LogP contribution in [0.2, 0.25) is 0 Å². The van der Waals surface area contributed by atoms with Crippen LogP contribution in [-0.2, 0) is 9.53 Å². The second-order valence-corrected chi connectivity index (χ2v) is 3.37. The molecule has 3 heteroatoms. The van der Waals surface area contributed by atoms with Gasteiger partial charge in [-0.3, -0.25) is 4.79 Å². The highest BCUT2D eigenvalue weighted by Crippen LogP contribution is 2.29. The zero-order valence-corrected chi connectivity index (χ0v) is 6.95. The quantitative estimate of drug-likeness (QED) is 0.480. The molecule has 2 aliphatic heterocycles. The van der Waals surface area contributed by atoms with Crippen molar-refractivity contribution in [2.45, 2.75) is 25.0 Å². The Balaban J connectivity index is 2.10. The topological polar surface area (TPSA) is 38.3 Å². The number of rotatable bonds is 2. The highest BCUT2D eigenvalue weighted by molar-refractivity contribution is 5.76. The Labute approximate surface area is 71.8 Å². The summed E-state index contributed by atoms with van der Waals surface area (Å²) in [7, 11) is 0. The third-order valence-corrected chi connectivity index (χ3v) is 2.63. The van der Waals surface area contributed by atoms with E-state index in [9.17, 15) is 4.79 Å². The van der Waals surface area contributed by atoms with E-state index in [1.54, 1.807) is 6.08 Å². The molecule has 0 aromatic heterocycles. The van der Waals surface area contributed by atoms with Crippen LogP contribution in [0.15, 0.2) is 12.7 Å². The summed E-state index contributed by atoms with van der Waals surface area (Å²) in [5.41, 5.74) is 0. The minimum Gasteiger partial charge on any atom is -0.460 e. The van der Waals surface area contributed by atoms with E-state index in [1.807, 2.05) is 0 Å². The first kappa shape index (κ1) is 7.80. The molecule has 3 atom stereocenters. The maximum atomic E-state index is 11.3. The van der Waals surface area contributed by atoms with Gasteiger partial charge in [-0.25, -0.2) is 0 Å². The van der Waals surface area contributed by atoms with E-state index < -0.39 is 0 Å². The fourth-order valence-corrected chi connectivity index (χ4v) is 2.04. The molecular formula is C9H13NO2. The van der Waals surface area contributed by atoms with E-state index in [0.717, 1.165) is 19.4 Å². The third-order valence-electron chi connectivity index (χ3n) is 2.63. The largest absolute Gasteiger partial charge is 0.460 e. The molecule has 12 heavy (non-hydrogen) atoms. The van der Waals surface area contributed by atoms with Crippen molar-refractivity contribution in [1.29, 1.82) is 0 Å². The fraction of sp³-hybridized carbons (Fsp3) is 0.667. The molecule has 0 aromatic carbocycles. The molecule has 66 valence electrons. The van der Waals surface area contributed by atoms with Gasteiger partial charge in [0.1, 0.15) is 6.10 Å². The van der Waals surface area contributed by atoms with Gasteiger partial charge < -0.3 is 10.1 Å². The molecule has 2 saturated heterocycles. The van der Waals surface area contributed by atoms with Crippen LogP contribution in [0.5, 0.6) is 0 Å². The van der Waals surface area contributed by atoms with Gasteiger partial charge in [0, 0.05) is 0 Å². The maximum absolute atomic E-state index is 11.3. The Bertz CT molecular complexity index is 215. The normalized spacial score (nSPS) is 39.3. The molecule has 3 nitrogen and oxygen atoms in total. The van der Waals surface area contributed by atoms with E-state index in [4.69, 9.17) is 4.74 Å². The summed E-state index contributed by atoms with van der Waals surface area (Å²) in [5.74, 6) is -0.0490. The molecule has 0 aromatic rings. The van der Waals surface area contributed by atoms with Gasteiger partial charge in [-0.15, -0.1) is 6.58 Å². The average Bonchev–Trinajstić information content (AvgIpc) is 2.56. The fourth-order valence-electron chi connectivity index (χ4n) is 2.04. The predicted octanol–water partition coefficient (Wildman–Crippen LogP) is 0.466. The Kier molecular flexibility index (Phi) is 1.89. The number of carbonyl (C=O) groups is 1. The van der Waals surface area contributed by atoms with Crippen LogP contribution >= 0.6 is 0 Å². The number of fused-ring (bicyclic) bond motifs is 1. The zero-order chi connectivity index (χ0) is 8.55. The first-order chi connectivity index (χ1) is 5.83. The second kappa shape index (κ2) is 2.90. The Hall–Kier alpha value is -0.830. The van der Waals surface area contributed by atoms with Crippen molar-refractivity contribution in [2.75, 3.05) is 6.54 Å². The standard InChI is InChI=1S/C9H13NO2/c1-2-3-6-8-7(4-5-10-8)12-9(6)11/h2,6-8,10H,1,3-5H2/t6-,7+,8-/m1/s1. The SMILES string of the molecule is C=CC[C@H]1C(=O)O[C@H]2CCN[C@@H]21. The molecule has 1 N–H and O–H groups in total. The van der Waals surface area contributed by atoms with Crippen molar-refractivity contribution in [3.63, 3.8) is 0 Å². The van der Waals surface area contributed by atoms with Crippen molar-refractivity contribution >= 4 is 5.97 Å². The summed E-state index contributed by atoms with van der Waals surface area (Å²) in [5, 5.41) is 3.29. The molecule has 0 radical (unpaired) electrons. The van der Waals surface area contributed by atoms with Crippen molar-refractivity contribution in [3.05, 3.63) is 12.7 Å². The molecule has 0 saturated carbocycles. The molecule has 2 fully saturated rings. The van der Waals surface area contributed by atoms with Crippen LogP contribution in [0.25, 0.3) is 0 Å². The number of allylic oxidation sites excluding steroid dienone is 1. The predicted molar refractivity (Wildman–Crippen MR) is 44.6 cm³/mol. The van der Waals surface area contributed by atoms with Gasteiger partial charge in [-0.2, -0.15) is 0 Å². The lowest BCUT2D eigenvalue weighted by atomic mass is 9.97. The number of hydrogen-bond acceptors (Lipinski definition) is 3. The van der Waals surface area contributed by atoms with Crippen LogP contribution in [0, 0.1) is 5.92 Å². The summed E-state index contributed by atoms with van der Waals surface area (Å²) in [6, 6.07) is 0.246. The lowest BCUT2D eigenvalue weighted by molar-refractivity contribution is -0.144. The third kappa shape index (κ3) is 1.05. The summed E-state index contributed by atoms with van der Waals surface area (Å²) in [4.78, 5) is 11.3. The Morgan fingerprint density at radius 2 is 2.58 bits per heavy atom. The average molecular weight is 167 g/mol. The lowest BCUT2D eigenvalue weighted by Gasteiger charge is -2.11. The van der Waals surface area contributed by atoms with E-state index in [-0.39, 0.29) is 24.0 Å². The maximum Gasteiger partial charge on any atom is 0.311 e. The summed E-state index contributed by atoms with van der Waals surface area (Å²) >= 11 is 0. The smallest absolute Gasteiger partial charge is 0.311 e. The van der Waals surface area contributed by atoms with Crippen molar-refractivity contribution in [3.8, 4) is 0 Å². The molecule has 0 bridgehead atoms. The minimum absolute atomic E-state index is 0.00926. The summed E-state index contributed by atoms with van der Waals surface area (Å²) in [6.07, 6.45) is 3.60. The lowest BCUT2D eigenvalue weighted by Crippen LogP contribution is -2.33. The van der Waals surface area contributed by atoms with Gasteiger partial charge in [0.05, 0.1) is 12.0 Å². The van der Waals surface area contributed by atoms with Crippen LogP contribution in [0.1, 0.15) is 12.8 Å². The van der Waals surface area contributed by atoms with Crippen molar-refractivity contribution in [1.82, 2.24) is 5.32 Å². The number of nitrogens with one attached hydrogen (secondary N) is 1. The van der Waals surface area contributed by atoms with Gasteiger partial charge in [0.2, 0.25) is 0 Å². The van der Waals surface area contributed by atoms with E-state index in [0.29, 0.717) is 0 Å². The van der Waals surface area contributed by atoms with Crippen LogP contribution < -0.4 is 5.32 Å². The zero-order valence-electron chi connectivity index (χ0n) is 6.95. The van der Waals surface area contributed by atoms with Gasteiger partial charge in [-0.1, -0.05) is 6.08 Å². The highest BCUT2D eigenvalue weighted by atomic mass is 16.6. The first-order valence-electron chi connectivity index (χ1n) is 4.37. The van der Waals surface area contributed by atoms with Gasteiger partial charge in [0.25, 0.3) is 0 Å². The number of hydrogen-bond donors (Lipinski definition) is 1. The molecule has 2 aliphatic rings. The summed E-state index contributed by atoms with van der Waals surface area (Å²) < 4.78 is 5.20. The van der Waals surface area contributed by atoms with Crippen molar-refractivity contribution in [2.24, 2.45) is 5.92 Å². The van der Waals surface area contributed by atoms with E-state index in [1.165, 1.54) is 0 Å². The molecule has 0 unspecified atom stereocenters. The van der Waals surface area contributed by atoms with Gasteiger partial charge in [0.15, 0.2) is 0 Å². The van der Waals surface area contributed by atoms with Crippen LogP contribution in [-0.4, -0.2) is 24.7 Å². The molecule has 0 spiro atoms. The first-order valence-corrected chi connectivity index (χ1v) is 4.37. The number of esters is 1.